The van der Waals surface area contributed by atoms with Gasteiger partial charge >= 0.3 is 0 Å². The molecular formula is C18H33N3O3. The first-order valence-corrected chi connectivity index (χ1v) is 9.46. The minimum Gasteiger partial charge on any atom is -0.391 e. The molecule has 3 rings (SSSR count). The fourth-order valence-corrected chi connectivity index (χ4v) is 4.26. The molecule has 3 atom stereocenters. The number of hydrogen-bond acceptors (Lipinski definition) is 5. The van der Waals surface area contributed by atoms with Crippen LogP contribution in [0.5, 0.6) is 0 Å². The van der Waals surface area contributed by atoms with Crippen LogP contribution in [0.15, 0.2) is 0 Å². The van der Waals surface area contributed by atoms with Crippen LogP contribution in [0.25, 0.3) is 0 Å². The van der Waals surface area contributed by atoms with E-state index in [1.807, 2.05) is 4.90 Å². The molecule has 2 heterocycles. The second-order valence-corrected chi connectivity index (χ2v) is 7.98. The molecule has 138 valence electrons. The molecule has 24 heavy (non-hydrogen) atoms. The summed E-state index contributed by atoms with van der Waals surface area (Å²) in [7, 11) is 1.71. The van der Waals surface area contributed by atoms with E-state index < -0.39 is 0 Å². The molecule has 0 aromatic rings. The summed E-state index contributed by atoms with van der Waals surface area (Å²) in [5, 5.41) is 13.7. The molecule has 2 N–H and O–H groups in total. The van der Waals surface area contributed by atoms with Gasteiger partial charge < -0.3 is 25.0 Å². The number of likely N-dealkylation sites (tertiary alicyclic amines) is 1. The Bertz CT molecular complexity index is 441. The highest BCUT2D eigenvalue weighted by Gasteiger charge is 2.51. The number of piperidine rings is 1. The van der Waals surface area contributed by atoms with Gasteiger partial charge in [0.05, 0.1) is 18.8 Å². The van der Waals surface area contributed by atoms with Crippen molar-refractivity contribution >= 4 is 5.91 Å². The van der Waals surface area contributed by atoms with Crippen LogP contribution < -0.4 is 5.32 Å². The maximum Gasteiger partial charge on any atom is 0.224 e. The monoisotopic (exact) mass is 339 g/mol. The molecule has 0 aromatic carbocycles. The SMILES string of the molecule is COC[C@H](CCN1CCC2(CC2)[C@H](O)C1)N1CC(C)NCCC1=O. The third kappa shape index (κ3) is 4.10. The van der Waals surface area contributed by atoms with Crippen molar-refractivity contribution in [1.29, 1.82) is 0 Å². The predicted octanol–water partition coefficient (Wildman–Crippen LogP) is 0.449. The van der Waals surface area contributed by atoms with Crippen molar-refractivity contribution in [3.63, 3.8) is 0 Å². The maximum atomic E-state index is 12.4. The molecule has 6 nitrogen and oxygen atoms in total. The number of hydrogen-bond donors (Lipinski definition) is 2. The van der Waals surface area contributed by atoms with Gasteiger partial charge in [-0.1, -0.05) is 0 Å². The Labute approximate surface area is 145 Å². The van der Waals surface area contributed by atoms with Crippen molar-refractivity contribution in [3.05, 3.63) is 0 Å². The lowest BCUT2D eigenvalue weighted by molar-refractivity contribution is -0.134. The van der Waals surface area contributed by atoms with E-state index in [0.29, 0.717) is 19.1 Å². The van der Waals surface area contributed by atoms with Crippen LogP contribution in [-0.4, -0.2) is 85.4 Å². The van der Waals surface area contributed by atoms with Crippen molar-refractivity contribution in [2.75, 3.05) is 46.4 Å². The number of β-amino-alcohol motifs (C(OH)–C–C–N with tert-alkyl or cyclic N) is 1. The number of nitrogens with one attached hydrogen (secondary N) is 1. The standard InChI is InChI=1S/C18H33N3O3/c1-14-11-21(17(23)3-8-19-14)15(13-24-2)4-9-20-10-7-18(5-6-18)16(22)12-20/h14-16,19,22H,3-13H2,1-2H3/t14?,15-,16+/m0/s1. The zero-order valence-corrected chi connectivity index (χ0v) is 15.2. The lowest BCUT2D eigenvalue weighted by Gasteiger charge is -2.38. The van der Waals surface area contributed by atoms with Gasteiger partial charge in [0.15, 0.2) is 0 Å². The molecule has 2 saturated heterocycles. The minimum atomic E-state index is -0.170. The second kappa shape index (κ2) is 7.68. The Hall–Kier alpha value is -0.690. The summed E-state index contributed by atoms with van der Waals surface area (Å²) in [6, 6.07) is 0.446. The van der Waals surface area contributed by atoms with Gasteiger partial charge in [0.2, 0.25) is 5.91 Å². The third-order valence-electron chi connectivity index (χ3n) is 6.16. The van der Waals surface area contributed by atoms with Crippen molar-refractivity contribution in [2.24, 2.45) is 5.41 Å². The van der Waals surface area contributed by atoms with E-state index >= 15 is 0 Å². The van der Waals surface area contributed by atoms with Gasteiger partial charge in [-0.25, -0.2) is 0 Å². The molecule has 6 heteroatoms. The second-order valence-electron chi connectivity index (χ2n) is 7.98. The molecule has 0 radical (unpaired) electrons. The maximum absolute atomic E-state index is 12.4. The largest absolute Gasteiger partial charge is 0.391 e. The molecule has 1 amide bonds. The van der Waals surface area contributed by atoms with Crippen molar-refractivity contribution < 1.29 is 14.6 Å². The first kappa shape index (κ1) is 18.1. The molecular weight excluding hydrogens is 306 g/mol. The van der Waals surface area contributed by atoms with Gasteiger partial charge in [-0.2, -0.15) is 0 Å². The van der Waals surface area contributed by atoms with E-state index in [9.17, 15) is 9.90 Å². The first-order valence-electron chi connectivity index (χ1n) is 9.46. The van der Waals surface area contributed by atoms with E-state index in [-0.39, 0.29) is 23.5 Å². The zero-order valence-electron chi connectivity index (χ0n) is 15.2. The molecule has 1 saturated carbocycles. The average Bonchev–Trinajstić information content (AvgIpc) is 3.34. The Morgan fingerprint density at radius 3 is 2.83 bits per heavy atom. The van der Waals surface area contributed by atoms with Gasteiger partial charge in [-0.05, 0) is 44.6 Å². The molecule has 1 aliphatic carbocycles. The summed E-state index contributed by atoms with van der Waals surface area (Å²) >= 11 is 0. The van der Waals surface area contributed by atoms with E-state index in [4.69, 9.17) is 4.74 Å². The van der Waals surface area contributed by atoms with E-state index in [1.165, 1.54) is 12.8 Å². The number of methoxy groups -OCH3 is 1. The highest BCUT2D eigenvalue weighted by molar-refractivity contribution is 5.77. The Morgan fingerprint density at radius 2 is 2.17 bits per heavy atom. The number of aliphatic hydroxyl groups is 1. The van der Waals surface area contributed by atoms with Gasteiger partial charge in [0.1, 0.15) is 0 Å². The summed E-state index contributed by atoms with van der Waals surface area (Å²) in [5.74, 6) is 0.226. The van der Waals surface area contributed by atoms with Crippen molar-refractivity contribution in [2.45, 2.75) is 57.2 Å². The number of carbonyl (C=O) groups excluding carboxylic acids is 1. The van der Waals surface area contributed by atoms with Gasteiger partial charge in [-0.3, -0.25) is 4.79 Å². The van der Waals surface area contributed by atoms with Crippen LogP contribution in [0, 0.1) is 5.41 Å². The predicted molar refractivity (Wildman–Crippen MR) is 92.8 cm³/mol. The van der Waals surface area contributed by atoms with Crippen molar-refractivity contribution in [1.82, 2.24) is 15.1 Å². The highest BCUT2D eigenvalue weighted by Crippen LogP contribution is 2.53. The van der Waals surface area contributed by atoms with Crippen LogP contribution in [0.3, 0.4) is 0 Å². The third-order valence-corrected chi connectivity index (χ3v) is 6.16. The van der Waals surface area contributed by atoms with Crippen molar-refractivity contribution in [3.8, 4) is 0 Å². The van der Waals surface area contributed by atoms with Gasteiger partial charge in [-0.15, -0.1) is 0 Å². The fourth-order valence-electron chi connectivity index (χ4n) is 4.26. The molecule has 3 fully saturated rings. The number of ether oxygens (including phenoxy) is 1. The smallest absolute Gasteiger partial charge is 0.224 e. The topological polar surface area (TPSA) is 65.0 Å². The Morgan fingerprint density at radius 1 is 1.38 bits per heavy atom. The van der Waals surface area contributed by atoms with Crippen LogP contribution in [0.1, 0.15) is 39.0 Å². The zero-order chi connectivity index (χ0) is 17.2. The molecule has 3 aliphatic rings. The summed E-state index contributed by atoms with van der Waals surface area (Å²) in [6.07, 6.45) is 4.81. The summed E-state index contributed by atoms with van der Waals surface area (Å²) < 4.78 is 5.40. The summed E-state index contributed by atoms with van der Waals surface area (Å²) in [5.41, 5.74) is 0.254. The van der Waals surface area contributed by atoms with Crippen LogP contribution in [-0.2, 0) is 9.53 Å². The first-order chi connectivity index (χ1) is 11.5. The van der Waals surface area contributed by atoms with Crippen LogP contribution in [0.4, 0.5) is 0 Å². The normalized spacial score (nSPS) is 32.0. The quantitative estimate of drug-likeness (QED) is 0.736. The molecule has 2 aliphatic heterocycles. The lowest BCUT2D eigenvalue weighted by atomic mass is 9.90. The highest BCUT2D eigenvalue weighted by atomic mass is 16.5. The van der Waals surface area contributed by atoms with Crippen LogP contribution >= 0.6 is 0 Å². The average molecular weight is 339 g/mol. The minimum absolute atomic E-state index is 0.124. The number of nitrogens with zero attached hydrogens (tertiary/aromatic N) is 2. The van der Waals surface area contributed by atoms with Gasteiger partial charge in [0, 0.05) is 45.8 Å². The Balaban J connectivity index is 1.54. The van der Waals surface area contributed by atoms with E-state index in [2.05, 4.69) is 17.1 Å². The number of carbonyl (C=O) groups is 1. The molecule has 0 aromatic heterocycles. The molecule has 1 spiro atoms. The number of amides is 1. The Kier molecular flexibility index (Phi) is 5.80. The van der Waals surface area contributed by atoms with E-state index in [0.717, 1.165) is 45.6 Å². The fraction of sp³-hybridized carbons (Fsp3) is 0.944. The van der Waals surface area contributed by atoms with Gasteiger partial charge in [0.25, 0.3) is 0 Å². The lowest BCUT2D eigenvalue weighted by Crippen LogP contribution is -2.49. The van der Waals surface area contributed by atoms with E-state index in [1.54, 1.807) is 7.11 Å². The molecule has 0 bridgehead atoms. The molecule has 1 unspecified atom stereocenters. The summed E-state index contributed by atoms with van der Waals surface area (Å²) in [6.45, 7) is 7.00. The number of aliphatic hydroxyl groups excluding tert-OH is 1. The number of rotatable bonds is 6. The summed E-state index contributed by atoms with van der Waals surface area (Å²) in [4.78, 5) is 16.8. The van der Waals surface area contributed by atoms with Crippen LogP contribution in [0.2, 0.25) is 0 Å².